The number of nitrogens with zero attached hydrogens (tertiary/aromatic N) is 1. The maximum Gasteiger partial charge on any atom is 0.265 e. The molecule has 0 spiro atoms. The summed E-state index contributed by atoms with van der Waals surface area (Å²) >= 11 is 0. The number of anilines is 1. The average molecular weight is 279 g/mol. The van der Waals surface area contributed by atoms with Gasteiger partial charge in [0.25, 0.3) is 5.91 Å². The number of amides is 1. The van der Waals surface area contributed by atoms with Crippen molar-refractivity contribution < 1.29 is 9.90 Å². The van der Waals surface area contributed by atoms with Crippen molar-refractivity contribution in [3.63, 3.8) is 0 Å². The summed E-state index contributed by atoms with van der Waals surface area (Å²) in [6.45, 7) is 1.94. The van der Waals surface area contributed by atoms with E-state index in [-0.39, 0.29) is 0 Å². The number of pyridine rings is 1. The Morgan fingerprint density at radius 2 is 2.10 bits per heavy atom. The minimum Gasteiger partial charge on any atom is -0.372 e. The van der Waals surface area contributed by atoms with Gasteiger partial charge < -0.3 is 15.4 Å². The fourth-order valence-corrected chi connectivity index (χ4v) is 2.93. The van der Waals surface area contributed by atoms with E-state index in [9.17, 15) is 9.90 Å². The molecular weight excluding hydrogens is 266 g/mol. The highest BCUT2D eigenvalue weighted by Gasteiger charge is 2.48. The number of nitrogens with one attached hydrogen (secondary N) is 2. The van der Waals surface area contributed by atoms with Crippen molar-refractivity contribution in [2.45, 2.75) is 12.5 Å². The Bertz CT molecular complexity index is 884. The SMILES string of the molecule is Cc1ccc2c(c1)NC(=O)C2(O)c1c[nH]c2ncccc12. The van der Waals surface area contributed by atoms with Crippen LogP contribution in [0.25, 0.3) is 11.0 Å². The third-order valence-electron chi connectivity index (χ3n) is 3.98. The van der Waals surface area contributed by atoms with Crippen LogP contribution in [-0.2, 0) is 10.4 Å². The summed E-state index contributed by atoms with van der Waals surface area (Å²) < 4.78 is 0. The van der Waals surface area contributed by atoms with Crippen molar-refractivity contribution in [2.24, 2.45) is 0 Å². The third kappa shape index (κ3) is 1.49. The first-order valence-electron chi connectivity index (χ1n) is 6.68. The Balaban J connectivity index is 2.01. The Kier molecular flexibility index (Phi) is 2.26. The molecule has 5 nitrogen and oxygen atoms in total. The maximum atomic E-state index is 12.4. The summed E-state index contributed by atoms with van der Waals surface area (Å²) in [6, 6.07) is 9.16. The van der Waals surface area contributed by atoms with Gasteiger partial charge in [-0.15, -0.1) is 0 Å². The van der Waals surface area contributed by atoms with Crippen LogP contribution in [0.15, 0.2) is 42.7 Å². The van der Waals surface area contributed by atoms with Gasteiger partial charge in [-0.25, -0.2) is 4.98 Å². The minimum atomic E-state index is -1.69. The number of fused-ring (bicyclic) bond motifs is 2. The van der Waals surface area contributed by atoms with Crippen molar-refractivity contribution >= 4 is 22.6 Å². The largest absolute Gasteiger partial charge is 0.372 e. The third-order valence-corrected chi connectivity index (χ3v) is 3.98. The van der Waals surface area contributed by atoms with Gasteiger partial charge in [0.2, 0.25) is 0 Å². The van der Waals surface area contributed by atoms with Crippen molar-refractivity contribution in [1.82, 2.24) is 9.97 Å². The Morgan fingerprint density at radius 3 is 2.95 bits per heavy atom. The van der Waals surface area contributed by atoms with Crippen molar-refractivity contribution in [2.75, 3.05) is 5.32 Å². The summed E-state index contributed by atoms with van der Waals surface area (Å²) in [5, 5.41) is 14.6. The normalized spacial score (nSPS) is 20.6. The number of aliphatic hydroxyl groups is 1. The Morgan fingerprint density at radius 1 is 1.24 bits per heavy atom. The van der Waals surface area contributed by atoms with Gasteiger partial charge in [0.05, 0.1) is 0 Å². The molecule has 0 saturated carbocycles. The number of carbonyl (C=O) groups excluding carboxylic acids is 1. The number of hydrogen-bond acceptors (Lipinski definition) is 3. The number of H-pyrrole nitrogens is 1. The van der Waals surface area contributed by atoms with E-state index in [2.05, 4.69) is 15.3 Å². The van der Waals surface area contributed by atoms with E-state index < -0.39 is 11.5 Å². The van der Waals surface area contributed by atoms with Crippen molar-refractivity contribution in [3.8, 4) is 0 Å². The molecule has 1 aliphatic heterocycles. The van der Waals surface area contributed by atoms with Crippen LogP contribution in [-0.4, -0.2) is 21.0 Å². The van der Waals surface area contributed by atoms with Crippen LogP contribution < -0.4 is 5.32 Å². The molecule has 21 heavy (non-hydrogen) atoms. The van der Waals surface area contributed by atoms with E-state index in [1.807, 2.05) is 25.1 Å². The number of aryl methyl sites for hydroxylation is 1. The average Bonchev–Trinajstić information content (AvgIpc) is 3.00. The molecule has 0 fully saturated rings. The predicted molar refractivity (Wildman–Crippen MR) is 78.9 cm³/mol. The molecule has 0 saturated heterocycles. The van der Waals surface area contributed by atoms with Crippen LogP contribution in [0.2, 0.25) is 0 Å². The lowest BCUT2D eigenvalue weighted by molar-refractivity contribution is -0.129. The lowest BCUT2D eigenvalue weighted by Gasteiger charge is -2.20. The molecule has 104 valence electrons. The monoisotopic (exact) mass is 279 g/mol. The number of carbonyl (C=O) groups is 1. The number of hydrogen-bond donors (Lipinski definition) is 3. The molecule has 2 aromatic heterocycles. The molecule has 3 heterocycles. The molecule has 3 aromatic rings. The summed E-state index contributed by atoms with van der Waals surface area (Å²) in [7, 11) is 0. The van der Waals surface area contributed by atoms with Gasteiger partial charge in [0.15, 0.2) is 5.60 Å². The van der Waals surface area contributed by atoms with E-state index >= 15 is 0 Å². The quantitative estimate of drug-likeness (QED) is 0.638. The highest BCUT2D eigenvalue weighted by Crippen LogP contribution is 2.43. The van der Waals surface area contributed by atoms with Crippen LogP contribution in [0.3, 0.4) is 0 Å². The van der Waals surface area contributed by atoms with E-state index in [0.29, 0.717) is 22.5 Å². The van der Waals surface area contributed by atoms with Crippen LogP contribution in [0, 0.1) is 6.92 Å². The van der Waals surface area contributed by atoms with Crippen LogP contribution in [0.1, 0.15) is 16.7 Å². The van der Waals surface area contributed by atoms with Gasteiger partial charge in [-0.2, -0.15) is 0 Å². The molecule has 3 N–H and O–H groups in total. The number of benzene rings is 1. The number of aromatic nitrogens is 2. The lowest BCUT2D eigenvalue weighted by atomic mass is 9.87. The maximum absolute atomic E-state index is 12.4. The molecule has 1 unspecified atom stereocenters. The first kappa shape index (κ1) is 12.1. The van der Waals surface area contributed by atoms with Gasteiger partial charge in [0.1, 0.15) is 5.65 Å². The van der Waals surface area contributed by atoms with Crippen LogP contribution >= 0.6 is 0 Å². The second kappa shape index (κ2) is 3.93. The van der Waals surface area contributed by atoms with Gasteiger partial charge >= 0.3 is 0 Å². The van der Waals surface area contributed by atoms with E-state index in [0.717, 1.165) is 10.9 Å². The molecule has 0 aliphatic carbocycles. The second-order valence-electron chi connectivity index (χ2n) is 5.32. The Hall–Kier alpha value is -2.66. The van der Waals surface area contributed by atoms with Crippen molar-refractivity contribution in [3.05, 3.63) is 59.4 Å². The predicted octanol–water partition coefficient (Wildman–Crippen LogP) is 2.06. The fourth-order valence-electron chi connectivity index (χ4n) is 2.93. The number of rotatable bonds is 1. The molecule has 1 atom stereocenters. The van der Waals surface area contributed by atoms with Gasteiger partial charge in [-0.1, -0.05) is 12.1 Å². The fraction of sp³-hybridized carbons (Fsp3) is 0.125. The first-order valence-corrected chi connectivity index (χ1v) is 6.68. The van der Waals surface area contributed by atoms with Gasteiger partial charge in [-0.05, 0) is 30.7 Å². The summed E-state index contributed by atoms with van der Waals surface area (Å²) in [4.78, 5) is 19.6. The number of aromatic amines is 1. The molecule has 5 heteroatoms. The summed E-state index contributed by atoms with van der Waals surface area (Å²) in [6.07, 6.45) is 3.31. The zero-order valence-electron chi connectivity index (χ0n) is 11.3. The standard InChI is InChI=1S/C16H13N3O2/c1-9-4-5-11-13(7-9)19-15(20)16(11,21)12-8-18-14-10(12)3-2-6-17-14/h2-8,21H,1H3,(H,17,18)(H,19,20). The molecule has 1 aliphatic rings. The highest BCUT2D eigenvalue weighted by molar-refractivity contribution is 6.09. The molecular formula is C16H13N3O2. The summed E-state index contributed by atoms with van der Waals surface area (Å²) in [5.41, 5.74) is 1.73. The van der Waals surface area contributed by atoms with Gasteiger partial charge in [-0.3, -0.25) is 4.79 Å². The van der Waals surface area contributed by atoms with Crippen molar-refractivity contribution in [1.29, 1.82) is 0 Å². The molecule has 0 bridgehead atoms. The minimum absolute atomic E-state index is 0.437. The van der Waals surface area contributed by atoms with E-state index in [1.165, 1.54) is 0 Å². The lowest BCUT2D eigenvalue weighted by Crippen LogP contribution is -2.35. The topological polar surface area (TPSA) is 78.0 Å². The molecule has 1 aromatic carbocycles. The first-order chi connectivity index (χ1) is 10.1. The molecule has 0 radical (unpaired) electrons. The van der Waals surface area contributed by atoms with E-state index in [1.54, 1.807) is 24.5 Å². The van der Waals surface area contributed by atoms with E-state index in [4.69, 9.17) is 0 Å². The van der Waals surface area contributed by atoms with Crippen LogP contribution in [0.5, 0.6) is 0 Å². The molecule has 4 rings (SSSR count). The highest BCUT2D eigenvalue weighted by atomic mass is 16.3. The smallest absolute Gasteiger partial charge is 0.265 e. The zero-order chi connectivity index (χ0) is 14.6. The second-order valence-corrected chi connectivity index (χ2v) is 5.32. The zero-order valence-corrected chi connectivity index (χ0v) is 11.3. The van der Waals surface area contributed by atoms with Gasteiger partial charge in [0, 0.05) is 34.6 Å². The molecule has 1 amide bonds. The summed E-state index contributed by atoms with van der Waals surface area (Å²) in [5.74, 6) is -0.437. The van der Waals surface area contributed by atoms with Crippen LogP contribution in [0.4, 0.5) is 5.69 Å². The Labute approximate surface area is 120 Å².